The smallest absolute Gasteiger partial charge is 0.418 e. The van der Waals surface area contributed by atoms with Crippen molar-refractivity contribution in [2.45, 2.75) is 11.1 Å². The Morgan fingerprint density at radius 1 is 1.03 bits per heavy atom. The first-order valence-corrected chi connectivity index (χ1v) is 10.6. The summed E-state index contributed by atoms with van der Waals surface area (Å²) >= 11 is 0. The molecule has 0 heterocycles. The molecule has 0 unspecified atom stereocenters. The van der Waals surface area contributed by atoms with Gasteiger partial charge in [0.05, 0.1) is 42.0 Å². The second-order valence-electron chi connectivity index (χ2n) is 6.44. The highest BCUT2D eigenvalue weighted by Crippen LogP contribution is 2.34. The van der Waals surface area contributed by atoms with E-state index in [9.17, 15) is 31.2 Å². The normalized spacial score (nSPS) is 11.9. The maximum atomic E-state index is 13.1. The van der Waals surface area contributed by atoms with Gasteiger partial charge in [-0.15, -0.1) is 0 Å². The Bertz CT molecular complexity index is 1060. The molecule has 0 radical (unpaired) electrons. The number of hydrogen-bond donors (Lipinski definition) is 1. The van der Waals surface area contributed by atoms with Gasteiger partial charge in [-0.3, -0.25) is 4.79 Å². The van der Waals surface area contributed by atoms with Crippen LogP contribution >= 0.6 is 0 Å². The molecular formula is C20H21F3N2O6S. The minimum atomic E-state index is -4.70. The molecule has 0 aliphatic rings. The summed E-state index contributed by atoms with van der Waals surface area (Å²) in [5.41, 5.74) is -1.43. The first-order valence-electron chi connectivity index (χ1n) is 9.14. The zero-order valence-corrected chi connectivity index (χ0v) is 18.0. The minimum absolute atomic E-state index is 0.0636. The summed E-state index contributed by atoms with van der Waals surface area (Å²) < 4.78 is 75.6. The van der Waals surface area contributed by atoms with Gasteiger partial charge in [-0.05, 0) is 36.4 Å². The third-order valence-corrected chi connectivity index (χ3v) is 6.14. The Balaban J connectivity index is 2.26. The number of hydrogen-bond acceptors (Lipinski definition) is 6. The van der Waals surface area contributed by atoms with E-state index in [1.54, 1.807) is 0 Å². The molecule has 12 heteroatoms. The van der Waals surface area contributed by atoms with Gasteiger partial charge in [0.1, 0.15) is 0 Å². The average molecular weight is 474 g/mol. The first kappa shape index (κ1) is 25.3. The van der Waals surface area contributed by atoms with Gasteiger partial charge in [0.2, 0.25) is 15.9 Å². The van der Waals surface area contributed by atoms with E-state index >= 15 is 0 Å². The Labute approximate surface area is 183 Å². The zero-order chi connectivity index (χ0) is 23.9. The molecule has 0 aromatic heterocycles. The summed E-state index contributed by atoms with van der Waals surface area (Å²) in [5.74, 6) is -1.62. The fraction of sp³-hybridized carbons (Fsp3) is 0.300. The Morgan fingerprint density at radius 2 is 1.66 bits per heavy atom. The topological polar surface area (TPSA) is 102 Å². The molecule has 0 saturated carbocycles. The molecule has 8 nitrogen and oxygen atoms in total. The molecule has 1 amide bonds. The largest absolute Gasteiger partial charge is 0.465 e. The number of carbonyl (C=O) groups excluding carboxylic acids is 2. The van der Waals surface area contributed by atoms with Gasteiger partial charge in [-0.2, -0.15) is 17.5 Å². The molecule has 0 atom stereocenters. The second-order valence-corrected chi connectivity index (χ2v) is 8.38. The van der Waals surface area contributed by atoms with Gasteiger partial charge < -0.3 is 14.8 Å². The number of benzene rings is 2. The van der Waals surface area contributed by atoms with Gasteiger partial charge in [0, 0.05) is 13.7 Å². The van der Waals surface area contributed by atoms with Gasteiger partial charge in [-0.1, -0.05) is 12.1 Å². The van der Waals surface area contributed by atoms with Crippen molar-refractivity contribution < 1.29 is 40.7 Å². The van der Waals surface area contributed by atoms with Crippen molar-refractivity contribution >= 4 is 27.6 Å². The number of ether oxygens (including phenoxy) is 2. The fourth-order valence-electron chi connectivity index (χ4n) is 2.70. The maximum absolute atomic E-state index is 13.1. The molecule has 174 valence electrons. The fourth-order valence-corrected chi connectivity index (χ4v) is 4.08. The number of nitrogens with one attached hydrogen (secondary N) is 1. The number of anilines is 1. The van der Waals surface area contributed by atoms with Gasteiger partial charge in [0.25, 0.3) is 0 Å². The summed E-state index contributed by atoms with van der Waals surface area (Å²) in [6.07, 6.45) is -4.70. The lowest BCUT2D eigenvalue weighted by atomic mass is 10.1. The van der Waals surface area contributed by atoms with Gasteiger partial charge in [-0.25, -0.2) is 13.2 Å². The Morgan fingerprint density at radius 3 is 2.22 bits per heavy atom. The number of alkyl halides is 3. The van der Waals surface area contributed by atoms with Crippen LogP contribution in [-0.4, -0.2) is 58.5 Å². The number of rotatable bonds is 9. The van der Waals surface area contributed by atoms with E-state index in [-0.39, 0.29) is 23.6 Å². The molecule has 1 N–H and O–H groups in total. The SMILES string of the molecule is COCCN(CC(=O)Nc1ccccc1C(F)(F)F)S(=O)(=O)c1ccc(C(=O)OC)cc1. The molecule has 2 aromatic rings. The van der Waals surface area contributed by atoms with Crippen molar-refractivity contribution in [3.63, 3.8) is 0 Å². The minimum Gasteiger partial charge on any atom is -0.465 e. The zero-order valence-electron chi connectivity index (χ0n) is 17.2. The number of methoxy groups -OCH3 is 2. The molecule has 0 fully saturated rings. The highest BCUT2D eigenvalue weighted by atomic mass is 32.2. The van der Waals surface area contributed by atoms with Crippen LogP contribution in [0.25, 0.3) is 0 Å². The van der Waals surface area contributed by atoms with Crippen molar-refractivity contribution in [1.29, 1.82) is 0 Å². The molecular weight excluding hydrogens is 453 g/mol. The molecule has 0 aliphatic carbocycles. The molecule has 0 aliphatic heterocycles. The van der Waals surface area contributed by atoms with E-state index in [1.807, 2.05) is 0 Å². The number of halogens is 3. The molecule has 32 heavy (non-hydrogen) atoms. The summed E-state index contributed by atoms with van der Waals surface area (Å²) in [6, 6.07) is 9.17. The molecule has 2 aromatic carbocycles. The van der Waals surface area contributed by atoms with E-state index < -0.39 is 45.9 Å². The van der Waals surface area contributed by atoms with E-state index in [4.69, 9.17) is 4.74 Å². The monoisotopic (exact) mass is 474 g/mol. The predicted octanol–water partition coefficient (Wildman–Crippen LogP) is 2.77. The van der Waals surface area contributed by atoms with Crippen LogP contribution in [0.3, 0.4) is 0 Å². The van der Waals surface area contributed by atoms with Crippen LogP contribution in [0, 0.1) is 0 Å². The number of sulfonamides is 1. The van der Waals surface area contributed by atoms with Crippen LogP contribution in [0.1, 0.15) is 15.9 Å². The number of esters is 1. The van der Waals surface area contributed by atoms with Crippen LogP contribution in [0.15, 0.2) is 53.4 Å². The highest BCUT2D eigenvalue weighted by molar-refractivity contribution is 7.89. The number of para-hydroxylation sites is 1. The van der Waals surface area contributed by atoms with E-state index in [2.05, 4.69) is 10.1 Å². The van der Waals surface area contributed by atoms with Gasteiger partial charge >= 0.3 is 12.1 Å². The lowest BCUT2D eigenvalue weighted by Gasteiger charge is -2.22. The van der Waals surface area contributed by atoms with E-state index in [0.717, 1.165) is 28.6 Å². The third-order valence-electron chi connectivity index (χ3n) is 4.28. The third kappa shape index (κ3) is 6.28. The van der Waals surface area contributed by atoms with Gasteiger partial charge in [0.15, 0.2) is 0 Å². The second kappa shape index (κ2) is 10.6. The quantitative estimate of drug-likeness (QED) is 0.561. The van der Waals surface area contributed by atoms with Crippen LogP contribution in [0.4, 0.5) is 18.9 Å². The highest BCUT2D eigenvalue weighted by Gasteiger charge is 2.34. The van der Waals surface area contributed by atoms with Crippen LogP contribution in [-0.2, 0) is 30.5 Å². The summed E-state index contributed by atoms with van der Waals surface area (Å²) in [7, 11) is -1.73. The maximum Gasteiger partial charge on any atom is 0.418 e. The summed E-state index contributed by atoms with van der Waals surface area (Å²) in [5, 5.41) is 2.11. The lowest BCUT2D eigenvalue weighted by Crippen LogP contribution is -2.40. The van der Waals surface area contributed by atoms with Crippen molar-refractivity contribution in [3.8, 4) is 0 Å². The van der Waals surface area contributed by atoms with E-state index in [1.165, 1.54) is 38.5 Å². The standard InChI is InChI=1S/C20H21F3N2O6S/c1-30-12-11-25(32(28,29)15-9-7-14(8-10-15)19(27)31-2)13-18(26)24-17-6-4-3-5-16(17)20(21,22)23/h3-10H,11-13H2,1-2H3,(H,24,26). The Kier molecular flexibility index (Phi) is 8.36. The average Bonchev–Trinajstić information content (AvgIpc) is 2.75. The van der Waals surface area contributed by atoms with Crippen LogP contribution in [0.5, 0.6) is 0 Å². The molecule has 0 bridgehead atoms. The van der Waals surface area contributed by atoms with Crippen LogP contribution < -0.4 is 5.32 Å². The summed E-state index contributed by atoms with van der Waals surface area (Å²) in [4.78, 5) is 23.8. The molecule has 2 rings (SSSR count). The predicted molar refractivity (Wildman–Crippen MR) is 108 cm³/mol. The Hall–Kier alpha value is -2.96. The summed E-state index contributed by atoms with van der Waals surface area (Å²) in [6.45, 7) is -1.05. The number of amides is 1. The molecule has 0 saturated heterocycles. The van der Waals surface area contributed by atoms with Crippen molar-refractivity contribution in [2.75, 3.05) is 39.2 Å². The molecule has 0 spiro atoms. The van der Waals surface area contributed by atoms with Crippen molar-refractivity contribution in [1.82, 2.24) is 4.31 Å². The number of carbonyl (C=O) groups is 2. The lowest BCUT2D eigenvalue weighted by molar-refractivity contribution is -0.137. The number of nitrogens with zero attached hydrogens (tertiary/aromatic N) is 1. The van der Waals surface area contributed by atoms with Crippen LogP contribution in [0.2, 0.25) is 0 Å². The van der Waals surface area contributed by atoms with Crippen molar-refractivity contribution in [2.24, 2.45) is 0 Å². The first-order chi connectivity index (χ1) is 15.0. The van der Waals surface area contributed by atoms with E-state index in [0.29, 0.717) is 0 Å². The van der Waals surface area contributed by atoms with Crippen molar-refractivity contribution in [3.05, 3.63) is 59.7 Å².